The third-order valence-electron chi connectivity index (χ3n) is 10.9. The molecule has 6 aromatic rings. The van der Waals surface area contributed by atoms with Gasteiger partial charge in [-0.05, 0) is 74.1 Å². The van der Waals surface area contributed by atoms with E-state index in [4.69, 9.17) is 21.3 Å². The van der Waals surface area contributed by atoms with Gasteiger partial charge in [0.15, 0.2) is 0 Å². The van der Waals surface area contributed by atoms with Crippen LogP contribution in [0, 0.1) is 26.6 Å². The number of anilines is 2. The Kier molecular flexibility index (Phi) is 10.8. The van der Waals surface area contributed by atoms with Gasteiger partial charge in [-0.15, -0.1) is 16.4 Å². The molecule has 6 N–H and O–H groups in total. The minimum Gasteiger partial charge on any atom is -0.445 e. The van der Waals surface area contributed by atoms with E-state index >= 15 is 0 Å². The van der Waals surface area contributed by atoms with Gasteiger partial charge in [-0.25, -0.2) is 9.18 Å². The van der Waals surface area contributed by atoms with Crippen molar-refractivity contribution in [3.05, 3.63) is 104 Å². The van der Waals surface area contributed by atoms with E-state index in [9.17, 15) is 23.6 Å². The van der Waals surface area contributed by atoms with Crippen LogP contribution in [-0.4, -0.2) is 87.2 Å². The van der Waals surface area contributed by atoms with Gasteiger partial charge in [0.1, 0.15) is 32.7 Å². The second-order valence-electron chi connectivity index (χ2n) is 14.8. The third-order valence-corrected chi connectivity index (χ3v) is 13.2. The van der Waals surface area contributed by atoms with Crippen LogP contribution in [0.4, 0.5) is 20.6 Å². The van der Waals surface area contributed by atoms with E-state index in [1.54, 1.807) is 14.5 Å². The van der Waals surface area contributed by atoms with Gasteiger partial charge >= 0.3 is 6.09 Å². The zero-order valence-electron chi connectivity index (χ0n) is 32.6. The number of aromatic nitrogens is 4. The van der Waals surface area contributed by atoms with E-state index in [1.165, 1.54) is 46.9 Å². The predicted molar refractivity (Wildman–Crippen MR) is 222 cm³/mol. The highest BCUT2D eigenvalue weighted by atomic mass is 32.1. The molecule has 0 bridgehead atoms. The number of carbonyl (C=O) groups is 4. The molecule has 4 aromatic heterocycles. The molecule has 2 aliphatic rings. The van der Waals surface area contributed by atoms with Crippen molar-refractivity contribution in [2.24, 2.45) is 0 Å². The quantitative estimate of drug-likeness (QED) is 0.149. The van der Waals surface area contributed by atoms with Crippen LogP contribution in [0.2, 0.25) is 0 Å². The van der Waals surface area contributed by atoms with Crippen LogP contribution >= 0.6 is 22.7 Å². The van der Waals surface area contributed by atoms with Crippen LogP contribution in [0.3, 0.4) is 0 Å². The van der Waals surface area contributed by atoms with Crippen molar-refractivity contribution < 1.29 is 33.0 Å². The lowest BCUT2D eigenvalue weighted by molar-refractivity contribution is -0.720. The first-order valence-electron chi connectivity index (χ1n) is 19.1. The van der Waals surface area contributed by atoms with E-state index in [2.05, 4.69) is 20.8 Å². The predicted octanol–water partition coefficient (Wildman–Crippen LogP) is 4.65. The zero-order chi connectivity index (χ0) is 41.5. The summed E-state index contributed by atoms with van der Waals surface area (Å²) in [4.78, 5) is 58.4. The van der Waals surface area contributed by atoms with Crippen molar-refractivity contribution in [3.63, 3.8) is 0 Å². The molecule has 4 amide bonds. The fraction of sp³-hybridized carbons (Fsp3) is 0.317. The first-order valence-corrected chi connectivity index (χ1v) is 20.7. The number of hydrogen-bond donors (Lipinski definition) is 4. The Balaban J connectivity index is 0.994. The van der Waals surface area contributed by atoms with Gasteiger partial charge in [0.25, 0.3) is 22.6 Å². The monoisotopic (exact) mass is 837 g/mol. The molecule has 0 saturated carbocycles. The highest BCUT2D eigenvalue weighted by Gasteiger charge is 2.34. The van der Waals surface area contributed by atoms with Gasteiger partial charge in [-0.2, -0.15) is 5.10 Å². The van der Waals surface area contributed by atoms with Crippen LogP contribution in [0.15, 0.2) is 54.6 Å². The fourth-order valence-electron chi connectivity index (χ4n) is 7.62. The van der Waals surface area contributed by atoms with Gasteiger partial charge in [-0.1, -0.05) is 46.4 Å². The van der Waals surface area contributed by atoms with Gasteiger partial charge < -0.3 is 36.6 Å². The number of nitrogen functional groups attached to an aromatic ring is 2. The number of rotatable bonds is 9. The number of amides is 4. The number of nitrogens with one attached hydrogen (secondary N) is 2. The smallest absolute Gasteiger partial charge is 0.407 e. The second-order valence-corrected chi connectivity index (χ2v) is 16.8. The molecule has 2 saturated heterocycles. The SMILES string of the molecule is Cc1nnc2sc(C(=O)N3CCC(NC(=O)OCc4ccccc4)C3)c(N)c2c1C[n+]1nc(C)c(C)c2c(N)c(C(=O)NC3CCN(C(=O)c4ccc(F)cc4)C3)sc21. The molecule has 2 unspecified atom stereocenters. The summed E-state index contributed by atoms with van der Waals surface area (Å²) in [6, 6.07) is 14.2. The maximum Gasteiger partial charge on any atom is 0.407 e. The Labute approximate surface area is 346 Å². The normalized spacial score (nSPS) is 16.5. The maximum atomic E-state index is 13.9. The molecule has 2 aromatic carbocycles. The first kappa shape index (κ1) is 39.6. The van der Waals surface area contributed by atoms with Crippen LogP contribution in [0.25, 0.3) is 20.4 Å². The van der Waals surface area contributed by atoms with Crippen LogP contribution in [0.1, 0.15) is 70.6 Å². The Morgan fingerprint density at radius 3 is 2.20 bits per heavy atom. The lowest BCUT2D eigenvalue weighted by Gasteiger charge is -2.17. The van der Waals surface area contributed by atoms with Gasteiger partial charge in [0.05, 0.1) is 34.1 Å². The number of likely N-dealkylation sites (tertiary alicyclic amines) is 2. The summed E-state index contributed by atoms with van der Waals surface area (Å²) >= 11 is 2.39. The summed E-state index contributed by atoms with van der Waals surface area (Å²) in [5.74, 6) is -1.26. The molecule has 15 nitrogen and oxygen atoms in total. The van der Waals surface area contributed by atoms with Crippen molar-refractivity contribution in [1.82, 2.24) is 35.7 Å². The number of alkyl carbamates (subject to hydrolysis) is 1. The third kappa shape index (κ3) is 7.84. The summed E-state index contributed by atoms with van der Waals surface area (Å²) in [6.07, 6.45) is 0.570. The standard InChI is InChI=1S/C41H41FN10O5S2/c1-21-22(2)49-52(40-30(21)32(43)34(59-40)36(53)45-27-13-15-50(17-27)38(54)25-9-11-26(42)12-10-25)19-29-23(3)47-48-37-31(29)33(44)35(58-37)39(55)51-16-14-28(18-51)46-41(56)57-20-24-7-5-4-6-8-24/h4-12,27-28H,13-20H2,1-3H3,(H5-,43,44,45,46,53,55,56)/p+1. The van der Waals surface area contributed by atoms with Crippen molar-refractivity contribution in [3.8, 4) is 0 Å². The molecular formula is C41H42FN10O5S2+. The number of carbonyl (C=O) groups excluding carboxylic acids is 4. The Bertz CT molecular complexity index is 2630. The number of thiophene rings is 2. The molecule has 0 spiro atoms. The number of ether oxygens (including phenoxy) is 1. The average molecular weight is 838 g/mol. The minimum atomic E-state index is -0.547. The van der Waals surface area contributed by atoms with Crippen molar-refractivity contribution >= 4 is 78.3 Å². The number of fused-ring (bicyclic) bond motifs is 2. The molecule has 2 fully saturated rings. The highest BCUT2D eigenvalue weighted by Crippen LogP contribution is 2.38. The van der Waals surface area contributed by atoms with E-state index in [0.29, 0.717) is 91.8 Å². The second kappa shape index (κ2) is 16.2. The van der Waals surface area contributed by atoms with Crippen molar-refractivity contribution in [2.75, 3.05) is 37.6 Å². The Morgan fingerprint density at radius 1 is 0.831 bits per heavy atom. The summed E-state index contributed by atoms with van der Waals surface area (Å²) in [5, 5.41) is 20.9. The minimum absolute atomic E-state index is 0.145. The molecule has 18 heteroatoms. The molecule has 2 aliphatic heterocycles. The fourth-order valence-corrected chi connectivity index (χ4v) is 9.79. The molecule has 0 aliphatic carbocycles. The van der Waals surface area contributed by atoms with Crippen molar-refractivity contribution in [2.45, 2.75) is 58.8 Å². The lowest BCUT2D eigenvalue weighted by Crippen LogP contribution is -2.40. The van der Waals surface area contributed by atoms with E-state index in [1.807, 2.05) is 51.1 Å². The molecule has 0 radical (unpaired) electrons. The molecule has 2 atom stereocenters. The number of halogens is 1. The number of aryl methyl sites for hydroxylation is 3. The van der Waals surface area contributed by atoms with Crippen LogP contribution < -0.4 is 26.8 Å². The van der Waals surface area contributed by atoms with Crippen molar-refractivity contribution in [1.29, 1.82) is 0 Å². The van der Waals surface area contributed by atoms with Gasteiger partial charge in [0.2, 0.25) is 6.54 Å². The number of hydrogen-bond acceptors (Lipinski definition) is 12. The van der Waals surface area contributed by atoms with Crippen LogP contribution in [-0.2, 0) is 17.9 Å². The largest absolute Gasteiger partial charge is 0.445 e. The maximum absolute atomic E-state index is 13.9. The molecule has 6 heterocycles. The van der Waals surface area contributed by atoms with E-state index < -0.39 is 11.9 Å². The van der Waals surface area contributed by atoms with Crippen LogP contribution in [0.5, 0.6) is 0 Å². The zero-order valence-corrected chi connectivity index (χ0v) is 34.2. The molecular weight excluding hydrogens is 796 g/mol. The van der Waals surface area contributed by atoms with E-state index in [0.717, 1.165) is 16.7 Å². The highest BCUT2D eigenvalue weighted by molar-refractivity contribution is 7.21. The van der Waals surface area contributed by atoms with Gasteiger partial charge in [-0.3, -0.25) is 14.4 Å². The average Bonchev–Trinajstić information content (AvgIpc) is 4.03. The number of nitrogens with zero attached hydrogens (tertiary/aromatic N) is 6. The summed E-state index contributed by atoms with van der Waals surface area (Å²) in [6.45, 7) is 7.43. The lowest BCUT2D eigenvalue weighted by atomic mass is 10.1. The van der Waals surface area contributed by atoms with E-state index in [-0.39, 0.29) is 48.6 Å². The summed E-state index contributed by atoms with van der Waals surface area (Å²) in [7, 11) is 0. The molecule has 304 valence electrons. The number of benzene rings is 2. The Hall–Kier alpha value is -6.27. The molecule has 8 rings (SSSR count). The topological polar surface area (TPSA) is 203 Å². The Morgan fingerprint density at radius 2 is 1.49 bits per heavy atom. The summed E-state index contributed by atoms with van der Waals surface area (Å²) < 4.78 is 20.6. The number of nitrogens with two attached hydrogens (primary N) is 2. The first-order chi connectivity index (χ1) is 28.4. The summed E-state index contributed by atoms with van der Waals surface area (Å²) in [5.41, 5.74) is 18.3. The van der Waals surface area contributed by atoms with Gasteiger partial charge in [0, 0.05) is 43.2 Å². The molecule has 59 heavy (non-hydrogen) atoms.